The van der Waals surface area contributed by atoms with Crippen LogP contribution >= 0.6 is 0 Å². The van der Waals surface area contributed by atoms with Gasteiger partial charge in [0.25, 0.3) is 11.8 Å². The molecule has 34 heavy (non-hydrogen) atoms. The monoisotopic (exact) mass is 464 g/mol. The van der Waals surface area contributed by atoms with E-state index in [2.05, 4.69) is 16.0 Å². The summed E-state index contributed by atoms with van der Waals surface area (Å²) < 4.78 is 5.24. The third-order valence-corrected chi connectivity index (χ3v) is 6.29. The van der Waals surface area contributed by atoms with E-state index in [1.54, 1.807) is 42.5 Å². The van der Waals surface area contributed by atoms with Gasteiger partial charge in [0.15, 0.2) is 0 Å². The number of amides is 5. The molecule has 1 saturated heterocycles. The molecule has 2 aliphatic rings. The van der Waals surface area contributed by atoms with E-state index in [4.69, 9.17) is 4.74 Å². The van der Waals surface area contributed by atoms with Crippen LogP contribution in [0.2, 0.25) is 0 Å². The Bertz CT molecular complexity index is 1090. The van der Waals surface area contributed by atoms with Gasteiger partial charge in [-0.2, -0.15) is 0 Å². The maximum Gasteiger partial charge on any atom is 0.325 e. The quantitative estimate of drug-likeness (QED) is 0.566. The van der Waals surface area contributed by atoms with Crippen molar-refractivity contribution < 1.29 is 23.9 Å². The number of nitrogens with one attached hydrogen (secondary N) is 3. The normalized spacial score (nSPS) is 17.1. The summed E-state index contributed by atoms with van der Waals surface area (Å²) in [5.41, 5.74) is 0.528. The van der Waals surface area contributed by atoms with Crippen molar-refractivity contribution in [1.29, 1.82) is 0 Å². The molecule has 0 unspecified atom stereocenters. The van der Waals surface area contributed by atoms with Crippen LogP contribution < -0.4 is 20.7 Å². The van der Waals surface area contributed by atoms with Crippen LogP contribution in [0.5, 0.6) is 5.75 Å². The number of hydrogen-bond acceptors (Lipinski definition) is 5. The van der Waals surface area contributed by atoms with Crippen LogP contribution in [0.25, 0.3) is 0 Å². The van der Waals surface area contributed by atoms with Crippen LogP contribution in [0.1, 0.15) is 48.9 Å². The fourth-order valence-electron chi connectivity index (χ4n) is 4.48. The number of rotatable bonds is 6. The van der Waals surface area contributed by atoms with Crippen LogP contribution in [-0.4, -0.2) is 47.8 Å². The zero-order valence-corrected chi connectivity index (χ0v) is 19.1. The van der Waals surface area contributed by atoms with Gasteiger partial charge < -0.3 is 20.7 Å². The van der Waals surface area contributed by atoms with E-state index in [-0.39, 0.29) is 18.4 Å². The number of urea groups is 1. The van der Waals surface area contributed by atoms with Crippen LogP contribution in [-0.2, 0) is 9.59 Å². The number of benzene rings is 2. The van der Waals surface area contributed by atoms with Crippen molar-refractivity contribution in [3.8, 4) is 5.75 Å². The van der Waals surface area contributed by atoms with E-state index in [0.29, 0.717) is 35.5 Å². The number of hydrogen-bond donors (Lipinski definition) is 3. The average molecular weight is 465 g/mol. The zero-order valence-electron chi connectivity index (χ0n) is 19.1. The number of anilines is 2. The number of carbonyl (C=O) groups excluding carboxylic acids is 4. The maximum atomic E-state index is 13.0. The first-order chi connectivity index (χ1) is 16.4. The van der Waals surface area contributed by atoms with Crippen LogP contribution in [0.4, 0.5) is 16.2 Å². The van der Waals surface area contributed by atoms with Gasteiger partial charge in [-0.05, 0) is 49.2 Å². The lowest BCUT2D eigenvalue weighted by atomic mass is 9.90. The van der Waals surface area contributed by atoms with E-state index in [1.807, 2.05) is 6.07 Å². The van der Waals surface area contributed by atoms with Crippen LogP contribution in [0.3, 0.4) is 0 Å². The first-order valence-corrected chi connectivity index (χ1v) is 11.4. The Morgan fingerprint density at radius 2 is 1.65 bits per heavy atom. The van der Waals surface area contributed by atoms with Crippen molar-refractivity contribution in [1.82, 2.24) is 10.2 Å². The zero-order chi connectivity index (χ0) is 24.1. The Hall–Kier alpha value is -3.88. The third kappa shape index (κ3) is 4.88. The molecular weight excluding hydrogens is 436 g/mol. The lowest BCUT2D eigenvalue weighted by Gasteiger charge is -2.24. The molecule has 0 atom stereocenters. The van der Waals surface area contributed by atoms with Crippen molar-refractivity contribution in [3.05, 3.63) is 54.1 Å². The first kappa shape index (κ1) is 23.3. The molecule has 0 bridgehead atoms. The minimum absolute atomic E-state index is 0.321. The molecule has 5 amide bonds. The van der Waals surface area contributed by atoms with Gasteiger partial charge in [-0.25, -0.2) is 4.79 Å². The Labute approximate surface area is 197 Å². The standard InChI is InChI=1S/C25H28N4O5/c1-34-20-9-5-4-8-19(20)27-22(31)17-10-12-18(13-11-17)26-21(30)16-29-23(32)25(28-24(29)33)14-6-2-3-7-15-25/h4-5,8-13H,2-3,6-7,14-16H2,1H3,(H,26,30)(H,27,31)(H,28,33). The highest BCUT2D eigenvalue weighted by Gasteiger charge is 2.51. The molecule has 9 heteroatoms. The number of carbonyl (C=O) groups is 4. The molecule has 2 aromatic rings. The molecule has 2 fully saturated rings. The number of nitrogens with zero attached hydrogens (tertiary/aromatic N) is 1. The molecule has 178 valence electrons. The van der Waals surface area contributed by atoms with Gasteiger partial charge in [-0.3, -0.25) is 19.3 Å². The summed E-state index contributed by atoms with van der Waals surface area (Å²) in [5.74, 6) is -0.584. The average Bonchev–Trinajstić information content (AvgIpc) is 2.99. The largest absolute Gasteiger partial charge is 0.495 e. The molecule has 0 aromatic heterocycles. The minimum atomic E-state index is -0.871. The van der Waals surface area contributed by atoms with Gasteiger partial charge in [-0.15, -0.1) is 0 Å². The fraction of sp³-hybridized carbons (Fsp3) is 0.360. The van der Waals surface area contributed by atoms with E-state index >= 15 is 0 Å². The number of methoxy groups -OCH3 is 1. The van der Waals surface area contributed by atoms with Crippen LogP contribution in [0.15, 0.2) is 48.5 Å². The van der Waals surface area contributed by atoms with Crippen molar-refractivity contribution >= 4 is 35.1 Å². The van der Waals surface area contributed by atoms with Gasteiger partial charge in [0, 0.05) is 11.3 Å². The molecule has 3 N–H and O–H groups in total. The maximum absolute atomic E-state index is 13.0. The predicted octanol–water partition coefficient (Wildman–Crippen LogP) is 3.53. The van der Waals surface area contributed by atoms with E-state index in [9.17, 15) is 19.2 Å². The minimum Gasteiger partial charge on any atom is -0.495 e. The topological polar surface area (TPSA) is 117 Å². The number of imide groups is 1. The van der Waals surface area contributed by atoms with E-state index in [1.165, 1.54) is 7.11 Å². The molecule has 1 aliphatic heterocycles. The predicted molar refractivity (Wildman–Crippen MR) is 127 cm³/mol. The summed E-state index contributed by atoms with van der Waals surface area (Å²) >= 11 is 0. The highest BCUT2D eigenvalue weighted by atomic mass is 16.5. The Morgan fingerprint density at radius 1 is 0.971 bits per heavy atom. The van der Waals surface area contributed by atoms with Gasteiger partial charge in [-0.1, -0.05) is 37.8 Å². The molecular formula is C25H28N4O5. The summed E-state index contributed by atoms with van der Waals surface area (Å²) in [6.45, 7) is -0.359. The lowest BCUT2D eigenvalue weighted by Crippen LogP contribution is -2.47. The highest BCUT2D eigenvalue weighted by Crippen LogP contribution is 2.32. The molecule has 4 rings (SSSR count). The number of ether oxygens (including phenoxy) is 1. The molecule has 0 radical (unpaired) electrons. The summed E-state index contributed by atoms with van der Waals surface area (Å²) in [5, 5.41) is 8.30. The highest BCUT2D eigenvalue weighted by molar-refractivity contribution is 6.10. The SMILES string of the molecule is COc1ccccc1NC(=O)c1ccc(NC(=O)CN2C(=O)NC3(CCCCCC3)C2=O)cc1. The van der Waals surface area contributed by atoms with Crippen molar-refractivity contribution in [2.75, 3.05) is 24.3 Å². The molecule has 1 heterocycles. The van der Waals surface area contributed by atoms with Crippen molar-refractivity contribution in [2.24, 2.45) is 0 Å². The Kier molecular flexibility index (Phi) is 6.81. The van der Waals surface area contributed by atoms with Gasteiger partial charge >= 0.3 is 6.03 Å². The third-order valence-electron chi connectivity index (χ3n) is 6.29. The van der Waals surface area contributed by atoms with E-state index < -0.39 is 17.5 Å². The van der Waals surface area contributed by atoms with Gasteiger partial charge in [0.2, 0.25) is 5.91 Å². The smallest absolute Gasteiger partial charge is 0.325 e. The van der Waals surface area contributed by atoms with Crippen molar-refractivity contribution in [2.45, 2.75) is 44.1 Å². The Balaban J connectivity index is 1.35. The second-order valence-corrected chi connectivity index (χ2v) is 8.60. The summed E-state index contributed by atoms with van der Waals surface area (Å²) in [6.07, 6.45) is 5.05. The molecule has 1 saturated carbocycles. The second kappa shape index (κ2) is 9.94. The van der Waals surface area contributed by atoms with Gasteiger partial charge in [0.05, 0.1) is 12.8 Å². The summed E-state index contributed by atoms with van der Waals surface area (Å²) in [6, 6.07) is 12.9. The first-order valence-electron chi connectivity index (χ1n) is 11.4. The summed E-state index contributed by atoms with van der Waals surface area (Å²) in [4.78, 5) is 51.5. The molecule has 1 aliphatic carbocycles. The molecule has 1 spiro atoms. The van der Waals surface area contributed by atoms with Gasteiger partial charge in [0.1, 0.15) is 17.8 Å². The summed E-state index contributed by atoms with van der Waals surface area (Å²) in [7, 11) is 1.53. The fourth-order valence-corrected chi connectivity index (χ4v) is 4.48. The van der Waals surface area contributed by atoms with Crippen molar-refractivity contribution in [3.63, 3.8) is 0 Å². The Morgan fingerprint density at radius 3 is 2.32 bits per heavy atom. The second-order valence-electron chi connectivity index (χ2n) is 8.60. The van der Waals surface area contributed by atoms with Crippen LogP contribution in [0, 0.1) is 0 Å². The lowest BCUT2D eigenvalue weighted by molar-refractivity contribution is -0.134. The molecule has 9 nitrogen and oxygen atoms in total. The van der Waals surface area contributed by atoms with E-state index in [0.717, 1.165) is 30.6 Å². The number of para-hydroxylation sites is 2. The molecule has 2 aromatic carbocycles.